The highest BCUT2D eigenvalue weighted by atomic mass is 15.4. The molecule has 41 heavy (non-hydrogen) atoms. The van der Waals surface area contributed by atoms with Crippen LogP contribution in [0.2, 0.25) is 0 Å². The van der Waals surface area contributed by atoms with E-state index in [1.54, 1.807) is 0 Å². The Morgan fingerprint density at radius 3 is 1.20 bits per heavy atom. The Morgan fingerprint density at radius 2 is 0.927 bits per heavy atom. The minimum absolute atomic E-state index is 0.0430. The van der Waals surface area contributed by atoms with E-state index in [9.17, 15) is 0 Å². The van der Waals surface area contributed by atoms with Gasteiger partial charge in [0.25, 0.3) is 0 Å². The molecule has 1 aromatic rings. The lowest BCUT2D eigenvalue weighted by molar-refractivity contribution is 0.152. The van der Waals surface area contributed by atoms with E-state index in [4.69, 9.17) is 26.4 Å². The smallest absolute Gasteiger partial charge is 0.233 e. The van der Waals surface area contributed by atoms with Crippen molar-refractivity contribution in [3.63, 3.8) is 0 Å². The van der Waals surface area contributed by atoms with Crippen LogP contribution in [-0.2, 0) is 0 Å². The van der Waals surface area contributed by atoms with Crippen molar-refractivity contribution in [3.8, 4) is 0 Å². The van der Waals surface area contributed by atoms with Gasteiger partial charge in [0, 0.05) is 48.3 Å². The first kappa shape index (κ1) is 33.7. The Labute approximate surface area is 250 Å². The lowest BCUT2D eigenvalue weighted by atomic mass is 9.78. The first-order chi connectivity index (χ1) is 18.8. The Morgan fingerprint density at radius 1 is 0.634 bits per heavy atom. The first-order valence-electron chi connectivity index (χ1n) is 15.9. The Balaban J connectivity index is 2.19. The monoisotopic (exact) mass is 575 g/mol. The van der Waals surface area contributed by atoms with E-state index >= 15 is 0 Å². The van der Waals surface area contributed by atoms with Gasteiger partial charge in [-0.15, -0.1) is 0 Å². The molecule has 0 spiro atoms. The molecule has 2 atom stereocenters. The number of hydrogen-bond acceptors (Lipinski definition) is 10. The fraction of sp³-hybridized carbons (Fsp3) is 0.903. The van der Waals surface area contributed by atoms with Gasteiger partial charge in [0.1, 0.15) is 0 Å². The number of nitrogens with two attached hydrogens (primary N) is 2. The normalized spacial score (nSPS) is 23.6. The number of hydrogen-bond donors (Lipinski definition) is 4. The van der Waals surface area contributed by atoms with Crippen molar-refractivity contribution < 1.29 is 0 Å². The maximum Gasteiger partial charge on any atom is 0.233 e. The average molecular weight is 575 g/mol. The summed E-state index contributed by atoms with van der Waals surface area (Å²) >= 11 is 0. The molecule has 0 aromatic carbocycles. The maximum atomic E-state index is 6.99. The quantitative estimate of drug-likeness (QED) is 0.284. The molecule has 0 amide bonds. The van der Waals surface area contributed by atoms with Crippen molar-refractivity contribution in [1.29, 1.82) is 0 Å². The second-order valence-corrected chi connectivity index (χ2v) is 15.6. The van der Waals surface area contributed by atoms with Crippen LogP contribution in [0.1, 0.15) is 121 Å². The van der Waals surface area contributed by atoms with Crippen molar-refractivity contribution in [2.24, 2.45) is 11.5 Å². The molecule has 3 rings (SSSR count). The Hall–Kier alpha value is -1.75. The third kappa shape index (κ3) is 8.65. The SMILES string of the molecule is CCCC(N)N(c1nc(N(C)C)nc(N(C(N)CCC)C2CC(C)(C)NC(C)(C)C2)n1)C1CC(C)(C)NC(C)(C)C1. The van der Waals surface area contributed by atoms with Crippen LogP contribution in [0.3, 0.4) is 0 Å². The van der Waals surface area contributed by atoms with Gasteiger partial charge in [-0.05, 0) is 93.9 Å². The van der Waals surface area contributed by atoms with Crippen LogP contribution in [-0.4, -0.2) is 75.6 Å². The van der Waals surface area contributed by atoms with Gasteiger partial charge in [-0.1, -0.05) is 26.7 Å². The van der Waals surface area contributed by atoms with Gasteiger partial charge in [0.2, 0.25) is 17.8 Å². The molecule has 2 aliphatic rings. The number of aromatic nitrogens is 3. The van der Waals surface area contributed by atoms with Crippen molar-refractivity contribution in [3.05, 3.63) is 0 Å². The van der Waals surface area contributed by atoms with Gasteiger partial charge < -0.3 is 36.8 Å². The minimum Gasteiger partial charge on any atom is -0.347 e. The van der Waals surface area contributed by atoms with Crippen molar-refractivity contribution in [2.75, 3.05) is 28.8 Å². The maximum absolute atomic E-state index is 6.99. The van der Waals surface area contributed by atoms with E-state index in [2.05, 4.69) is 89.7 Å². The number of piperidine rings is 2. The third-order valence-electron chi connectivity index (χ3n) is 8.47. The molecule has 1 aromatic heterocycles. The fourth-order valence-electron chi connectivity index (χ4n) is 7.74. The molecule has 236 valence electrons. The summed E-state index contributed by atoms with van der Waals surface area (Å²) in [5, 5.41) is 7.65. The zero-order valence-electron chi connectivity index (χ0n) is 28.3. The zero-order valence-corrected chi connectivity index (χ0v) is 28.3. The summed E-state index contributed by atoms with van der Waals surface area (Å²) in [7, 11) is 3.98. The van der Waals surface area contributed by atoms with E-state index < -0.39 is 0 Å². The second kappa shape index (κ2) is 12.5. The van der Waals surface area contributed by atoms with E-state index in [0.717, 1.165) is 51.4 Å². The molecule has 6 N–H and O–H groups in total. The van der Waals surface area contributed by atoms with Gasteiger partial charge in [-0.25, -0.2) is 0 Å². The topological polar surface area (TPSA) is 124 Å². The van der Waals surface area contributed by atoms with Crippen molar-refractivity contribution >= 4 is 17.8 Å². The molecular formula is C31H62N10. The summed E-state index contributed by atoms with van der Waals surface area (Å²) in [4.78, 5) is 21.9. The van der Waals surface area contributed by atoms with Gasteiger partial charge in [0.15, 0.2) is 0 Å². The van der Waals surface area contributed by atoms with Gasteiger partial charge in [-0.3, -0.25) is 0 Å². The highest BCUT2D eigenvalue weighted by Gasteiger charge is 2.44. The van der Waals surface area contributed by atoms with Crippen molar-refractivity contribution in [1.82, 2.24) is 25.6 Å². The van der Waals surface area contributed by atoms with Crippen molar-refractivity contribution in [2.45, 2.75) is 167 Å². The molecule has 10 heteroatoms. The van der Waals surface area contributed by atoms with Crippen LogP contribution < -0.4 is 36.8 Å². The molecule has 0 bridgehead atoms. The molecule has 0 aliphatic carbocycles. The fourth-order valence-corrected chi connectivity index (χ4v) is 7.74. The second-order valence-electron chi connectivity index (χ2n) is 15.6. The van der Waals surface area contributed by atoms with Gasteiger partial charge in [0.05, 0.1) is 12.3 Å². The van der Waals surface area contributed by atoms with E-state index in [0.29, 0.717) is 17.8 Å². The molecule has 0 saturated carbocycles. The third-order valence-corrected chi connectivity index (χ3v) is 8.47. The summed E-state index contributed by atoms with van der Waals surface area (Å²) in [6.07, 6.45) is 7.08. The first-order valence-corrected chi connectivity index (χ1v) is 15.9. The number of rotatable bonds is 11. The summed E-state index contributed by atoms with van der Waals surface area (Å²) in [6.45, 7) is 22.6. The Bertz CT molecular complexity index is 900. The zero-order chi connectivity index (χ0) is 31.0. The van der Waals surface area contributed by atoms with Crippen LogP contribution >= 0.6 is 0 Å². The Kier molecular flexibility index (Phi) is 10.3. The average Bonchev–Trinajstić information content (AvgIpc) is 2.75. The molecule has 3 heterocycles. The van der Waals surface area contributed by atoms with E-state index in [1.807, 2.05) is 19.0 Å². The molecule has 2 unspecified atom stereocenters. The molecule has 2 fully saturated rings. The molecule has 2 aliphatic heterocycles. The van der Waals surface area contributed by atoms with Gasteiger partial charge in [-0.2, -0.15) is 15.0 Å². The van der Waals surface area contributed by atoms with Crippen LogP contribution in [0.5, 0.6) is 0 Å². The number of nitrogens with zero attached hydrogens (tertiary/aromatic N) is 6. The van der Waals surface area contributed by atoms with Crippen LogP contribution in [0.15, 0.2) is 0 Å². The highest BCUT2D eigenvalue weighted by Crippen LogP contribution is 2.37. The molecule has 2 saturated heterocycles. The summed E-state index contributed by atoms with van der Waals surface area (Å²) in [5.41, 5.74) is 13.8. The predicted molar refractivity (Wildman–Crippen MR) is 174 cm³/mol. The van der Waals surface area contributed by atoms with E-state index in [1.165, 1.54) is 0 Å². The summed E-state index contributed by atoms with van der Waals surface area (Å²) < 4.78 is 0. The molecular weight excluding hydrogens is 512 g/mol. The summed E-state index contributed by atoms with van der Waals surface area (Å²) in [5.74, 6) is 1.94. The van der Waals surface area contributed by atoms with Crippen LogP contribution in [0.4, 0.5) is 17.8 Å². The van der Waals surface area contributed by atoms with Crippen LogP contribution in [0, 0.1) is 0 Å². The predicted octanol–water partition coefficient (Wildman–Crippen LogP) is 4.34. The highest BCUT2D eigenvalue weighted by molar-refractivity contribution is 5.49. The lowest BCUT2D eigenvalue weighted by Gasteiger charge is -2.51. The number of nitrogens with one attached hydrogen (secondary N) is 2. The standard InChI is InChI=1S/C31H62N10/c1-13-15-23(32)40(21-17-28(3,4)37-29(5,6)18-21)26-34-25(39(11)12)35-27(36-26)41(24(33)16-14-2)22-19-30(7,8)38-31(9,10)20-22/h21-24,37-38H,13-20,32-33H2,1-12H3. The molecule has 0 radical (unpaired) electrons. The minimum atomic E-state index is -0.200. The van der Waals surface area contributed by atoms with Crippen LogP contribution in [0.25, 0.3) is 0 Å². The largest absolute Gasteiger partial charge is 0.347 e. The lowest BCUT2D eigenvalue weighted by Crippen LogP contribution is -2.65. The molecule has 10 nitrogen and oxygen atoms in total. The van der Waals surface area contributed by atoms with Gasteiger partial charge >= 0.3 is 0 Å². The summed E-state index contributed by atoms with van der Waals surface area (Å²) in [6, 6.07) is 0.366. The number of anilines is 3. The van der Waals surface area contributed by atoms with E-state index in [-0.39, 0.29) is 46.6 Å².